The minimum Gasteiger partial charge on any atom is -0.497 e. The number of carbonyl (C=O) groups is 3. The smallest absolute Gasteiger partial charge is 0.308 e. The fraction of sp³-hybridized carbons (Fsp3) is 0.200. The number of thioether (sulfide) groups is 1. The molecule has 1 aromatic heterocycles. The summed E-state index contributed by atoms with van der Waals surface area (Å²) in [4.78, 5) is 55.7. The van der Waals surface area contributed by atoms with Crippen LogP contribution in [0.15, 0.2) is 87.1 Å². The maximum atomic E-state index is 14.0. The highest BCUT2D eigenvalue weighted by Crippen LogP contribution is 2.54. The molecule has 0 aliphatic carbocycles. The Balaban J connectivity index is 1.39. The molecule has 0 bridgehead atoms. The minimum atomic E-state index is -0.758. The summed E-state index contributed by atoms with van der Waals surface area (Å²) in [6.07, 6.45) is 0. The van der Waals surface area contributed by atoms with E-state index in [-0.39, 0.29) is 29.1 Å². The van der Waals surface area contributed by atoms with Crippen molar-refractivity contribution in [2.24, 2.45) is 5.92 Å². The molecule has 0 saturated carbocycles. The number of benzene rings is 3. The summed E-state index contributed by atoms with van der Waals surface area (Å²) < 4.78 is 7.53. The number of methoxy groups -OCH3 is 1. The number of ether oxygens (including phenoxy) is 1. The number of aryl methyl sites for hydroxylation is 1. The number of halogens is 1. The number of rotatable bonds is 6. The third-order valence-corrected chi connectivity index (χ3v) is 10.4. The predicted octanol–water partition coefficient (Wildman–Crippen LogP) is 5.42. The molecule has 1 saturated heterocycles. The zero-order valence-corrected chi connectivity index (χ0v) is 25.2. The van der Waals surface area contributed by atoms with Gasteiger partial charge in [0, 0.05) is 21.0 Å². The molecule has 3 heterocycles. The molecule has 1 N–H and O–H groups in total. The van der Waals surface area contributed by atoms with Crippen LogP contribution in [0.4, 0.5) is 11.4 Å². The van der Waals surface area contributed by atoms with Gasteiger partial charge in [0.05, 0.1) is 23.7 Å². The number of nitrogens with zero attached hydrogens (tertiary/aromatic N) is 2. The number of anilines is 2. The van der Waals surface area contributed by atoms with E-state index in [2.05, 4.69) is 21.2 Å². The molecule has 1 fully saturated rings. The summed E-state index contributed by atoms with van der Waals surface area (Å²) in [5, 5.41) is 2.63. The molecule has 0 spiro atoms. The monoisotopic (exact) mass is 649 g/mol. The lowest BCUT2D eigenvalue weighted by atomic mass is 9.83. The van der Waals surface area contributed by atoms with Gasteiger partial charge in [-0.05, 0) is 61.0 Å². The van der Waals surface area contributed by atoms with Crippen molar-refractivity contribution >= 4 is 68.1 Å². The van der Waals surface area contributed by atoms with Crippen molar-refractivity contribution in [3.05, 3.63) is 103 Å². The van der Waals surface area contributed by atoms with Crippen molar-refractivity contribution in [1.29, 1.82) is 0 Å². The normalized spacial score (nSPS) is 19.6. The van der Waals surface area contributed by atoms with Gasteiger partial charge in [0.25, 0.3) is 0 Å². The van der Waals surface area contributed by atoms with E-state index in [0.717, 1.165) is 26.9 Å². The van der Waals surface area contributed by atoms with Gasteiger partial charge in [0.1, 0.15) is 17.5 Å². The van der Waals surface area contributed by atoms with Gasteiger partial charge in [-0.1, -0.05) is 68.9 Å². The topological polar surface area (TPSA) is 97.7 Å². The van der Waals surface area contributed by atoms with Crippen LogP contribution in [0, 0.1) is 12.8 Å². The Kier molecular flexibility index (Phi) is 7.35. The Morgan fingerprint density at radius 1 is 0.951 bits per heavy atom. The highest BCUT2D eigenvalue weighted by molar-refractivity contribution is 9.10. The van der Waals surface area contributed by atoms with E-state index in [4.69, 9.17) is 4.74 Å². The molecule has 11 heteroatoms. The largest absolute Gasteiger partial charge is 0.497 e. The Morgan fingerprint density at radius 3 is 2.29 bits per heavy atom. The molecule has 2 unspecified atom stereocenters. The summed E-state index contributed by atoms with van der Waals surface area (Å²) in [6.45, 7) is 1.75. The van der Waals surface area contributed by atoms with Gasteiger partial charge < -0.3 is 10.1 Å². The fourth-order valence-corrected chi connectivity index (χ4v) is 8.29. The lowest BCUT2D eigenvalue weighted by molar-refractivity contribution is -0.122. The molecule has 2 aliphatic heterocycles. The van der Waals surface area contributed by atoms with Crippen LogP contribution in [0.1, 0.15) is 21.9 Å². The number of amides is 3. The molecule has 41 heavy (non-hydrogen) atoms. The standard InChI is InChI=1S/C30H24BrN3O5S2/c1-16-3-9-19(10-4-16)32-22(35)15-33-29-26(41-30(33)38)23(17-5-7-18(31)8-6-17)24-25(40-29)28(37)34(27(24)36)20-11-13-21(39-2)14-12-20/h3-14,23-25H,15H2,1-2H3,(H,32,35)/t23-,24?,25?/m1/s1. The van der Waals surface area contributed by atoms with Gasteiger partial charge in [-0.3, -0.25) is 23.7 Å². The van der Waals surface area contributed by atoms with Crippen LogP contribution < -0.4 is 19.8 Å². The molecule has 208 valence electrons. The highest BCUT2D eigenvalue weighted by atomic mass is 79.9. The van der Waals surface area contributed by atoms with Crippen LogP contribution in [0.2, 0.25) is 0 Å². The van der Waals surface area contributed by atoms with Crippen molar-refractivity contribution < 1.29 is 19.1 Å². The van der Waals surface area contributed by atoms with Crippen molar-refractivity contribution in [1.82, 2.24) is 4.57 Å². The summed E-state index contributed by atoms with van der Waals surface area (Å²) >= 11 is 5.68. The summed E-state index contributed by atoms with van der Waals surface area (Å²) in [5.41, 5.74) is 2.98. The van der Waals surface area contributed by atoms with Gasteiger partial charge in [-0.25, -0.2) is 4.90 Å². The third kappa shape index (κ3) is 5.02. The summed E-state index contributed by atoms with van der Waals surface area (Å²) in [5.74, 6) is -1.65. The van der Waals surface area contributed by atoms with E-state index in [1.807, 2.05) is 43.3 Å². The Hall–Kier alpha value is -3.67. The molecule has 2 aliphatic rings. The first-order chi connectivity index (χ1) is 19.7. The van der Waals surface area contributed by atoms with Gasteiger partial charge in [0.15, 0.2) is 0 Å². The van der Waals surface area contributed by atoms with E-state index in [0.29, 0.717) is 27.0 Å². The molecule has 3 aromatic carbocycles. The van der Waals surface area contributed by atoms with Crippen molar-refractivity contribution in [2.75, 3.05) is 17.3 Å². The van der Waals surface area contributed by atoms with Crippen LogP contribution in [0.3, 0.4) is 0 Å². The first-order valence-electron chi connectivity index (χ1n) is 12.8. The third-order valence-electron chi connectivity index (χ3n) is 7.25. The predicted molar refractivity (Wildman–Crippen MR) is 163 cm³/mol. The maximum Gasteiger partial charge on any atom is 0.308 e. The first-order valence-corrected chi connectivity index (χ1v) is 15.3. The Bertz CT molecular complexity index is 1720. The highest BCUT2D eigenvalue weighted by Gasteiger charge is 2.56. The Morgan fingerprint density at radius 2 is 1.63 bits per heavy atom. The van der Waals surface area contributed by atoms with Crippen LogP contribution in [0.5, 0.6) is 5.75 Å². The molecule has 8 nitrogen and oxygen atoms in total. The SMILES string of the molecule is COc1ccc(N2C(=O)C3Sc4c(sc(=O)n4CC(=O)Nc4ccc(C)cc4)[C@H](c4ccc(Br)cc4)C3C2=O)cc1. The van der Waals surface area contributed by atoms with E-state index in [1.165, 1.54) is 21.2 Å². The average Bonchev–Trinajstić information content (AvgIpc) is 3.41. The van der Waals surface area contributed by atoms with Gasteiger partial charge in [-0.2, -0.15) is 0 Å². The second-order valence-corrected chi connectivity index (χ2v) is 12.9. The van der Waals surface area contributed by atoms with Crippen LogP contribution >= 0.6 is 39.0 Å². The summed E-state index contributed by atoms with van der Waals surface area (Å²) in [7, 11) is 1.55. The molecule has 0 radical (unpaired) electrons. The fourth-order valence-electron chi connectivity index (χ4n) is 5.25. The van der Waals surface area contributed by atoms with Crippen molar-refractivity contribution in [2.45, 2.75) is 29.7 Å². The molecule has 6 rings (SSSR count). The van der Waals surface area contributed by atoms with E-state index in [1.54, 1.807) is 43.5 Å². The molecule has 3 amide bonds. The Labute approximate surface area is 252 Å². The quantitative estimate of drug-likeness (QED) is 0.280. The lowest BCUT2D eigenvalue weighted by Gasteiger charge is -2.30. The number of carbonyl (C=O) groups excluding carboxylic acids is 3. The molecule has 3 atom stereocenters. The zero-order valence-electron chi connectivity index (χ0n) is 22.0. The zero-order chi connectivity index (χ0) is 28.8. The van der Waals surface area contributed by atoms with Gasteiger partial charge in [-0.15, -0.1) is 0 Å². The molecular formula is C30H24BrN3O5S2. The molecular weight excluding hydrogens is 626 g/mol. The first kappa shape index (κ1) is 27.5. The number of hydrogen-bond acceptors (Lipinski definition) is 7. The van der Waals surface area contributed by atoms with Gasteiger partial charge in [0.2, 0.25) is 17.7 Å². The average molecular weight is 651 g/mol. The second-order valence-electron chi connectivity index (χ2n) is 9.84. The van der Waals surface area contributed by atoms with Crippen LogP contribution in [-0.2, 0) is 20.9 Å². The number of thiazole rings is 1. The number of imide groups is 1. The van der Waals surface area contributed by atoms with Crippen molar-refractivity contribution in [3.8, 4) is 5.75 Å². The summed E-state index contributed by atoms with van der Waals surface area (Å²) in [6, 6.07) is 21.7. The van der Waals surface area contributed by atoms with Crippen LogP contribution in [-0.4, -0.2) is 34.6 Å². The van der Waals surface area contributed by atoms with Crippen LogP contribution in [0.25, 0.3) is 0 Å². The van der Waals surface area contributed by atoms with Crippen molar-refractivity contribution in [3.63, 3.8) is 0 Å². The number of nitrogens with one attached hydrogen (secondary N) is 1. The number of fused-ring (bicyclic) bond motifs is 2. The van der Waals surface area contributed by atoms with E-state index < -0.39 is 17.1 Å². The lowest BCUT2D eigenvalue weighted by Crippen LogP contribution is -2.33. The maximum absolute atomic E-state index is 14.0. The van der Waals surface area contributed by atoms with E-state index >= 15 is 0 Å². The number of aromatic nitrogens is 1. The minimum absolute atomic E-state index is 0.208. The molecule has 4 aromatic rings. The van der Waals surface area contributed by atoms with E-state index in [9.17, 15) is 19.2 Å². The van der Waals surface area contributed by atoms with Gasteiger partial charge >= 0.3 is 4.87 Å². The second kappa shape index (κ2) is 11.0. The number of hydrogen-bond donors (Lipinski definition) is 1.